The molecule has 30 heavy (non-hydrogen) atoms. The number of nitrogens with zero attached hydrogens (tertiary/aromatic N) is 4. The second kappa shape index (κ2) is 10.2. The molecule has 10 heteroatoms. The van der Waals surface area contributed by atoms with Gasteiger partial charge in [-0.1, -0.05) is 6.58 Å². The van der Waals surface area contributed by atoms with Gasteiger partial charge >= 0.3 is 0 Å². The molecule has 1 aromatic carbocycles. The van der Waals surface area contributed by atoms with Crippen LogP contribution in [0.25, 0.3) is 0 Å². The van der Waals surface area contributed by atoms with E-state index >= 15 is 0 Å². The van der Waals surface area contributed by atoms with E-state index in [0.717, 1.165) is 24.5 Å². The van der Waals surface area contributed by atoms with E-state index in [0.29, 0.717) is 11.4 Å². The molecule has 0 atom stereocenters. The van der Waals surface area contributed by atoms with Crippen LogP contribution in [0.1, 0.15) is 10.5 Å². The van der Waals surface area contributed by atoms with Crippen molar-refractivity contribution in [1.29, 1.82) is 0 Å². The minimum atomic E-state index is -0.658. The van der Waals surface area contributed by atoms with Crippen molar-refractivity contribution >= 4 is 40.5 Å². The van der Waals surface area contributed by atoms with Crippen LogP contribution >= 0.6 is 0 Å². The molecule has 0 radical (unpaired) electrons. The zero-order chi connectivity index (χ0) is 22.3. The van der Waals surface area contributed by atoms with Crippen LogP contribution < -0.4 is 26.6 Å². The molecule has 2 rings (SSSR count). The smallest absolute Gasteiger partial charge is 0.267 e. The van der Waals surface area contributed by atoms with E-state index in [1.54, 1.807) is 0 Å². The number of nitrogens with two attached hydrogens (primary N) is 1. The number of amides is 2. The molecule has 0 aliphatic rings. The number of hydrogen-bond acceptors (Lipinski definition) is 8. The van der Waals surface area contributed by atoms with Gasteiger partial charge in [-0.2, -0.15) is 0 Å². The topological polar surface area (TPSA) is 129 Å². The van der Waals surface area contributed by atoms with Gasteiger partial charge in [-0.15, -0.1) is 0 Å². The van der Waals surface area contributed by atoms with E-state index < -0.39 is 5.91 Å². The van der Waals surface area contributed by atoms with Crippen molar-refractivity contribution < 1.29 is 9.59 Å². The molecule has 1 aromatic heterocycles. The number of carbonyl (C=O) groups excluding carboxylic acids is 2. The summed E-state index contributed by atoms with van der Waals surface area (Å²) in [6.45, 7) is 5.06. The van der Waals surface area contributed by atoms with Gasteiger partial charge in [0.1, 0.15) is 5.69 Å². The number of likely N-dealkylation sites (N-methyl/N-ethyl adjacent to an activating group) is 1. The third kappa shape index (κ3) is 6.17. The summed E-state index contributed by atoms with van der Waals surface area (Å²) in [4.78, 5) is 35.6. The van der Waals surface area contributed by atoms with Crippen LogP contribution in [0.15, 0.2) is 37.1 Å². The molecule has 2 amide bonds. The van der Waals surface area contributed by atoms with E-state index in [1.807, 2.05) is 45.2 Å². The first-order valence-corrected chi connectivity index (χ1v) is 9.28. The lowest BCUT2D eigenvalue weighted by Gasteiger charge is -2.23. The van der Waals surface area contributed by atoms with Crippen molar-refractivity contribution in [3.05, 3.63) is 42.7 Å². The second-order valence-corrected chi connectivity index (χ2v) is 6.99. The molecule has 0 saturated heterocycles. The first kappa shape index (κ1) is 22.6. The summed E-state index contributed by atoms with van der Waals surface area (Å²) in [5.41, 5.74) is 8.17. The summed E-state index contributed by atoms with van der Waals surface area (Å²) in [5, 5.41) is 9.25. The molecule has 2 aromatic rings. The average Bonchev–Trinajstić information content (AvgIpc) is 2.69. The van der Waals surface area contributed by atoms with Gasteiger partial charge < -0.3 is 31.5 Å². The lowest BCUT2D eigenvalue weighted by Crippen LogP contribution is -2.22. The average molecular weight is 412 g/mol. The number of nitrogens with one attached hydrogen (secondary N) is 3. The first-order valence-electron chi connectivity index (χ1n) is 9.28. The maximum Gasteiger partial charge on any atom is 0.267 e. The second-order valence-electron chi connectivity index (χ2n) is 6.99. The third-order valence-electron chi connectivity index (χ3n) is 4.09. The normalized spacial score (nSPS) is 10.4. The van der Waals surface area contributed by atoms with Crippen LogP contribution in [0, 0.1) is 0 Å². The molecule has 0 aliphatic carbocycles. The summed E-state index contributed by atoms with van der Waals surface area (Å²) < 4.78 is 0. The van der Waals surface area contributed by atoms with Crippen LogP contribution in [-0.2, 0) is 4.79 Å². The Morgan fingerprint density at radius 2 is 1.90 bits per heavy atom. The molecule has 0 aliphatic heterocycles. The van der Waals surface area contributed by atoms with Crippen molar-refractivity contribution in [2.45, 2.75) is 0 Å². The van der Waals surface area contributed by atoms with Crippen molar-refractivity contribution in [3.63, 3.8) is 0 Å². The Labute approximate surface area is 176 Å². The monoisotopic (exact) mass is 412 g/mol. The highest BCUT2D eigenvalue weighted by atomic mass is 16.1. The summed E-state index contributed by atoms with van der Waals surface area (Å²) in [6.07, 6.45) is 2.62. The van der Waals surface area contributed by atoms with Gasteiger partial charge in [0.25, 0.3) is 5.91 Å². The predicted molar refractivity (Wildman–Crippen MR) is 120 cm³/mol. The van der Waals surface area contributed by atoms with Crippen LogP contribution in [0.3, 0.4) is 0 Å². The minimum absolute atomic E-state index is 0.0819. The molecule has 0 bridgehead atoms. The van der Waals surface area contributed by atoms with Gasteiger partial charge in [-0.25, -0.2) is 9.97 Å². The zero-order valence-electron chi connectivity index (χ0n) is 17.7. The quantitative estimate of drug-likeness (QED) is 0.432. The number of hydrogen-bond donors (Lipinski definition) is 4. The summed E-state index contributed by atoms with van der Waals surface area (Å²) in [5.74, 6) is -0.838. The Morgan fingerprint density at radius 3 is 2.50 bits per heavy atom. The third-order valence-corrected chi connectivity index (χ3v) is 4.09. The van der Waals surface area contributed by atoms with E-state index in [2.05, 4.69) is 37.4 Å². The molecule has 0 unspecified atom stereocenters. The summed E-state index contributed by atoms with van der Waals surface area (Å²) in [6, 6.07) is 5.11. The highest BCUT2D eigenvalue weighted by molar-refractivity contribution is 6.03. The minimum Gasteiger partial charge on any atom is -0.382 e. The van der Waals surface area contributed by atoms with Gasteiger partial charge in [0.15, 0.2) is 0 Å². The Morgan fingerprint density at radius 1 is 1.17 bits per heavy atom. The van der Waals surface area contributed by atoms with E-state index in [9.17, 15) is 9.59 Å². The SMILES string of the molecule is C=CC(=O)Nc1cc(N(C)C)c(NCCN(C)C)cc1Nc1nccc(C(N)=O)n1. The molecule has 0 saturated carbocycles. The number of anilines is 5. The van der Waals surface area contributed by atoms with Gasteiger partial charge in [0, 0.05) is 33.4 Å². The number of rotatable bonds is 10. The molecule has 1 heterocycles. The largest absolute Gasteiger partial charge is 0.382 e. The lowest BCUT2D eigenvalue weighted by atomic mass is 10.1. The van der Waals surface area contributed by atoms with Gasteiger partial charge in [0.05, 0.1) is 22.7 Å². The maximum atomic E-state index is 12.0. The number of carbonyl (C=O) groups is 2. The van der Waals surface area contributed by atoms with Gasteiger partial charge in [0.2, 0.25) is 11.9 Å². The van der Waals surface area contributed by atoms with Crippen LogP contribution in [-0.4, -0.2) is 68.0 Å². The van der Waals surface area contributed by atoms with E-state index in [1.165, 1.54) is 18.3 Å². The molecular formula is C20H28N8O2. The predicted octanol–water partition coefficient (Wildman–Crippen LogP) is 1.48. The van der Waals surface area contributed by atoms with Crippen LogP contribution in [0.4, 0.5) is 28.7 Å². The zero-order valence-corrected chi connectivity index (χ0v) is 17.7. The highest BCUT2D eigenvalue weighted by Gasteiger charge is 2.15. The summed E-state index contributed by atoms with van der Waals surface area (Å²) in [7, 11) is 7.83. The fraction of sp³-hybridized carbons (Fsp3) is 0.300. The fourth-order valence-corrected chi connectivity index (χ4v) is 2.58. The number of benzene rings is 1. The van der Waals surface area contributed by atoms with Crippen molar-refractivity contribution in [2.75, 3.05) is 62.1 Å². The maximum absolute atomic E-state index is 12.0. The van der Waals surface area contributed by atoms with E-state index in [4.69, 9.17) is 5.73 Å². The van der Waals surface area contributed by atoms with E-state index in [-0.39, 0.29) is 17.5 Å². The Balaban J connectivity index is 2.47. The van der Waals surface area contributed by atoms with Gasteiger partial charge in [-0.05, 0) is 38.4 Å². The van der Waals surface area contributed by atoms with Crippen molar-refractivity contribution in [2.24, 2.45) is 5.73 Å². The highest BCUT2D eigenvalue weighted by Crippen LogP contribution is 2.36. The summed E-state index contributed by atoms with van der Waals surface area (Å²) >= 11 is 0. The Hall–Kier alpha value is -3.66. The Kier molecular flexibility index (Phi) is 7.70. The first-order chi connectivity index (χ1) is 14.2. The molecule has 0 spiro atoms. The van der Waals surface area contributed by atoms with Gasteiger partial charge in [-0.3, -0.25) is 9.59 Å². The van der Waals surface area contributed by atoms with Crippen LogP contribution in [0.5, 0.6) is 0 Å². The number of primary amides is 1. The van der Waals surface area contributed by atoms with Crippen molar-refractivity contribution in [3.8, 4) is 0 Å². The number of aromatic nitrogens is 2. The van der Waals surface area contributed by atoms with Crippen molar-refractivity contribution in [1.82, 2.24) is 14.9 Å². The standard InChI is InChI=1S/C20H28N8O2/c1-6-18(29)24-15-12-17(28(4)5)16(22-9-10-27(2)3)11-14(15)26-20-23-8-7-13(25-20)19(21)30/h6-8,11-12,22H,1,9-10H2,2-5H3,(H2,21,30)(H,24,29)(H,23,25,26). The van der Waals surface area contributed by atoms with Crippen LogP contribution in [0.2, 0.25) is 0 Å². The molecular weight excluding hydrogens is 384 g/mol. The molecule has 5 N–H and O–H groups in total. The lowest BCUT2D eigenvalue weighted by molar-refractivity contribution is -0.111. The molecule has 0 fully saturated rings. The fourth-order valence-electron chi connectivity index (χ4n) is 2.58. The molecule has 160 valence electrons. The molecule has 10 nitrogen and oxygen atoms in total. The Bertz CT molecular complexity index is 927.